The van der Waals surface area contributed by atoms with Crippen LogP contribution >= 0.6 is 12.2 Å². The van der Waals surface area contributed by atoms with Crippen LogP contribution in [0.1, 0.15) is 21.6 Å². The van der Waals surface area contributed by atoms with E-state index in [0.717, 1.165) is 11.3 Å². The van der Waals surface area contributed by atoms with Crippen LogP contribution in [0.2, 0.25) is 0 Å². The summed E-state index contributed by atoms with van der Waals surface area (Å²) in [6.45, 7) is 3.62. The number of carbonyl (C=O) groups is 2. The third kappa shape index (κ3) is 3.39. The van der Waals surface area contributed by atoms with Gasteiger partial charge in [-0.3, -0.25) is 9.59 Å². The third-order valence-corrected chi connectivity index (χ3v) is 2.59. The lowest BCUT2D eigenvalue weighted by Crippen LogP contribution is -2.35. The molecule has 3 N–H and O–H groups in total. The van der Waals surface area contributed by atoms with E-state index in [2.05, 4.69) is 15.6 Å². The second-order valence-electron chi connectivity index (χ2n) is 3.70. The summed E-state index contributed by atoms with van der Waals surface area (Å²) in [7, 11) is 1.51. The maximum absolute atomic E-state index is 11.8. The SMILES string of the molecule is CNC(=O)CNC(=O)c1c(C)cc(C)[nH]c1=S. The number of rotatable bonds is 3. The number of likely N-dealkylation sites (N-methyl/N-ethyl adjacent to an activating group) is 1. The van der Waals surface area contributed by atoms with Crippen molar-refractivity contribution in [3.05, 3.63) is 27.5 Å². The highest BCUT2D eigenvalue weighted by Crippen LogP contribution is 2.09. The predicted octanol–water partition coefficient (Wildman–Crippen LogP) is 0.837. The molecule has 0 aliphatic carbocycles. The Labute approximate surface area is 105 Å². The van der Waals surface area contributed by atoms with Crippen molar-refractivity contribution >= 4 is 24.0 Å². The molecule has 17 heavy (non-hydrogen) atoms. The fourth-order valence-corrected chi connectivity index (χ4v) is 1.89. The summed E-state index contributed by atoms with van der Waals surface area (Å²) in [6, 6.07) is 1.84. The summed E-state index contributed by atoms with van der Waals surface area (Å²) in [5.74, 6) is -0.592. The van der Waals surface area contributed by atoms with Gasteiger partial charge in [-0.1, -0.05) is 12.2 Å². The smallest absolute Gasteiger partial charge is 0.254 e. The Morgan fingerprint density at radius 3 is 2.59 bits per heavy atom. The van der Waals surface area contributed by atoms with Gasteiger partial charge in [-0.2, -0.15) is 0 Å². The van der Waals surface area contributed by atoms with Crippen LogP contribution in [0.25, 0.3) is 0 Å². The normalized spacial score (nSPS) is 9.82. The summed E-state index contributed by atoms with van der Waals surface area (Å²) < 4.78 is 0.386. The van der Waals surface area contributed by atoms with Gasteiger partial charge in [0.2, 0.25) is 5.91 Å². The van der Waals surface area contributed by atoms with Gasteiger partial charge in [0.25, 0.3) is 5.91 Å². The van der Waals surface area contributed by atoms with Gasteiger partial charge in [0.1, 0.15) is 4.64 Å². The molecule has 6 heteroatoms. The Bertz CT molecular complexity index is 508. The number of carbonyl (C=O) groups excluding carboxylic acids is 2. The van der Waals surface area contributed by atoms with Gasteiger partial charge in [-0.15, -0.1) is 0 Å². The number of hydrogen-bond donors (Lipinski definition) is 3. The Balaban J connectivity index is 2.90. The lowest BCUT2D eigenvalue weighted by Gasteiger charge is -2.08. The number of aromatic nitrogens is 1. The first-order valence-corrected chi connectivity index (χ1v) is 5.56. The maximum atomic E-state index is 11.8. The van der Waals surface area contributed by atoms with E-state index in [1.165, 1.54) is 7.05 Å². The van der Waals surface area contributed by atoms with E-state index in [1.807, 2.05) is 19.9 Å². The van der Waals surface area contributed by atoms with Gasteiger partial charge < -0.3 is 15.6 Å². The minimum absolute atomic E-state index is 0.0581. The van der Waals surface area contributed by atoms with Crippen LogP contribution < -0.4 is 10.6 Å². The molecule has 0 aromatic carbocycles. The van der Waals surface area contributed by atoms with E-state index in [4.69, 9.17) is 12.2 Å². The molecule has 0 saturated heterocycles. The van der Waals surface area contributed by atoms with Crippen LogP contribution in [-0.2, 0) is 4.79 Å². The second kappa shape index (κ2) is 5.58. The lowest BCUT2D eigenvalue weighted by atomic mass is 10.1. The molecule has 0 radical (unpaired) electrons. The zero-order chi connectivity index (χ0) is 13.0. The van der Waals surface area contributed by atoms with Gasteiger partial charge in [0.05, 0.1) is 12.1 Å². The Hall–Kier alpha value is -1.69. The first kappa shape index (κ1) is 13.4. The van der Waals surface area contributed by atoms with E-state index >= 15 is 0 Å². The minimum Gasteiger partial charge on any atom is -0.358 e. The Morgan fingerprint density at radius 1 is 1.41 bits per heavy atom. The number of H-pyrrole nitrogens is 1. The predicted molar refractivity (Wildman–Crippen MR) is 67.5 cm³/mol. The summed E-state index contributed by atoms with van der Waals surface area (Å²) in [6.07, 6.45) is 0. The molecule has 0 unspecified atom stereocenters. The summed E-state index contributed by atoms with van der Waals surface area (Å²) in [5, 5.41) is 4.94. The molecule has 5 nitrogen and oxygen atoms in total. The van der Waals surface area contributed by atoms with Crippen molar-refractivity contribution in [3.63, 3.8) is 0 Å². The van der Waals surface area contributed by atoms with Crippen molar-refractivity contribution < 1.29 is 9.59 Å². The average Bonchev–Trinajstić information content (AvgIpc) is 2.24. The molecule has 92 valence electrons. The highest BCUT2D eigenvalue weighted by Gasteiger charge is 2.12. The Kier molecular flexibility index (Phi) is 4.39. The van der Waals surface area contributed by atoms with E-state index in [1.54, 1.807) is 0 Å². The van der Waals surface area contributed by atoms with Gasteiger partial charge in [0, 0.05) is 12.7 Å². The molecule has 0 atom stereocenters. The van der Waals surface area contributed by atoms with Crippen LogP contribution in [0, 0.1) is 18.5 Å². The Morgan fingerprint density at radius 2 is 2.06 bits per heavy atom. The number of pyridine rings is 1. The first-order valence-electron chi connectivity index (χ1n) is 5.15. The largest absolute Gasteiger partial charge is 0.358 e. The molecule has 1 heterocycles. The average molecular weight is 253 g/mol. The zero-order valence-corrected chi connectivity index (χ0v) is 10.8. The monoisotopic (exact) mass is 253 g/mol. The number of aryl methyl sites for hydroxylation is 2. The molecule has 0 fully saturated rings. The van der Waals surface area contributed by atoms with Crippen molar-refractivity contribution in [2.75, 3.05) is 13.6 Å². The fraction of sp³-hybridized carbons (Fsp3) is 0.364. The zero-order valence-electron chi connectivity index (χ0n) is 10.0. The van der Waals surface area contributed by atoms with E-state index in [0.29, 0.717) is 10.2 Å². The number of amides is 2. The van der Waals surface area contributed by atoms with Crippen LogP contribution in [0.5, 0.6) is 0 Å². The molecule has 0 spiro atoms. The van der Waals surface area contributed by atoms with Crippen molar-refractivity contribution in [2.45, 2.75) is 13.8 Å². The third-order valence-electron chi connectivity index (χ3n) is 2.28. The van der Waals surface area contributed by atoms with Crippen molar-refractivity contribution in [3.8, 4) is 0 Å². The maximum Gasteiger partial charge on any atom is 0.254 e. The molecule has 1 rings (SSSR count). The van der Waals surface area contributed by atoms with Crippen molar-refractivity contribution in [1.82, 2.24) is 15.6 Å². The molecule has 0 saturated carbocycles. The van der Waals surface area contributed by atoms with Gasteiger partial charge >= 0.3 is 0 Å². The van der Waals surface area contributed by atoms with Crippen molar-refractivity contribution in [2.24, 2.45) is 0 Å². The highest BCUT2D eigenvalue weighted by atomic mass is 32.1. The fourth-order valence-electron chi connectivity index (χ4n) is 1.47. The molecule has 1 aromatic heterocycles. The van der Waals surface area contributed by atoms with Gasteiger partial charge in [-0.25, -0.2) is 0 Å². The van der Waals surface area contributed by atoms with Crippen LogP contribution in [0.4, 0.5) is 0 Å². The number of aromatic amines is 1. The number of nitrogens with one attached hydrogen (secondary N) is 3. The quantitative estimate of drug-likeness (QED) is 0.699. The minimum atomic E-state index is -0.340. The highest BCUT2D eigenvalue weighted by molar-refractivity contribution is 7.71. The summed E-state index contributed by atoms with van der Waals surface area (Å²) in [4.78, 5) is 25.8. The van der Waals surface area contributed by atoms with Crippen LogP contribution in [0.3, 0.4) is 0 Å². The summed E-state index contributed by atoms with van der Waals surface area (Å²) in [5.41, 5.74) is 2.10. The standard InChI is InChI=1S/C11H15N3O2S/c1-6-4-7(2)14-11(17)9(6)10(16)13-5-8(15)12-3/h4H,5H2,1-3H3,(H,12,15)(H,13,16)(H,14,17). The molecule has 0 aliphatic rings. The van der Waals surface area contributed by atoms with E-state index in [-0.39, 0.29) is 18.4 Å². The first-order chi connectivity index (χ1) is 7.95. The molecule has 2 amide bonds. The molecule has 1 aromatic rings. The van der Waals surface area contributed by atoms with Gasteiger partial charge in [-0.05, 0) is 25.5 Å². The van der Waals surface area contributed by atoms with Crippen molar-refractivity contribution in [1.29, 1.82) is 0 Å². The molecular formula is C11H15N3O2S. The van der Waals surface area contributed by atoms with Crippen LogP contribution in [0.15, 0.2) is 6.07 Å². The molecule has 0 bridgehead atoms. The lowest BCUT2D eigenvalue weighted by molar-refractivity contribution is -0.119. The second-order valence-corrected chi connectivity index (χ2v) is 4.10. The van der Waals surface area contributed by atoms with Gasteiger partial charge in [0.15, 0.2) is 0 Å². The summed E-state index contributed by atoms with van der Waals surface area (Å²) >= 11 is 5.09. The molecule has 0 aliphatic heterocycles. The van der Waals surface area contributed by atoms with Crippen LogP contribution in [-0.4, -0.2) is 30.4 Å². The molecular weight excluding hydrogens is 238 g/mol. The van der Waals surface area contributed by atoms with E-state index < -0.39 is 0 Å². The number of hydrogen-bond acceptors (Lipinski definition) is 3. The topological polar surface area (TPSA) is 74.0 Å². The van der Waals surface area contributed by atoms with E-state index in [9.17, 15) is 9.59 Å².